The molecule has 0 spiro atoms. The largest absolute Gasteiger partial charge is 0.334 e. The number of nitrogens with one attached hydrogen (secondary N) is 3. The third-order valence-electron chi connectivity index (χ3n) is 3.70. The number of amides is 3. The van der Waals surface area contributed by atoms with E-state index >= 15 is 0 Å². The molecular weight excluding hydrogens is 333 g/mol. The van der Waals surface area contributed by atoms with E-state index in [0.29, 0.717) is 35.8 Å². The monoisotopic (exact) mass is 357 g/mol. The highest BCUT2D eigenvalue weighted by Crippen LogP contribution is 2.15. The van der Waals surface area contributed by atoms with Gasteiger partial charge in [0.05, 0.1) is 0 Å². The van der Waals surface area contributed by atoms with Gasteiger partial charge in [0.1, 0.15) is 5.82 Å². The highest BCUT2D eigenvalue weighted by molar-refractivity contribution is 5.92. The van der Waals surface area contributed by atoms with Crippen molar-refractivity contribution >= 4 is 23.3 Å². The lowest BCUT2D eigenvalue weighted by Gasteiger charge is -2.10. The molecule has 6 heteroatoms. The van der Waals surface area contributed by atoms with Crippen LogP contribution in [-0.4, -0.2) is 11.9 Å². The average Bonchev–Trinajstić information content (AvgIpc) is 2.57. The molecule has 0 aromatic heterocycles. The van der Waals surface area contributed by atoms with Gasteiger partial charge in [0.2, 0.25) is 5.91 Å². The quantitative estimate of drug-likeness (QED) is 0.715. The molecule has 3 amide bonds. The number of urea groups is 1. The average molecular weight is 357 g/mol. The van der Waals surface area contributed by atoms with E-state index in [4.69, 9.17) is 0 Å². The Kier molecular flexibility index (Phi) is 6.72. The van der Waals surface area contributed by atoms with E-state index in [1.165, 1.54) is 6.07 Å². The van der Waals surface area contributed by atoms with E-state index in [1.807, 2.05) is 13.8 Å². The molecule has 0 radical (unpaired) electrons. The minimum atomic E-state index is -0.358. The highest BCUT2D eigenvalue weighted by Gasteiger charge is 2.06. The van der Waals surface area contributed by atoms with Crippen molar-refractivity contribution in [3.63, 3.8) is 0 Å². The molecule has 0 aliphatic rings. The topological polar surface area (TPSA) is 70.2 Å². The van der Waals surface area contributed by atoms with Crippen molar-refractivity contribution in [1.29, 1.82) is 0 Å². The lowest BCUT2D eigenvalue weighted by atomic mass is 10.1. The molecule has 138 valence electrons. The molecule has 0 unspecified atom stereocenters. The van der Waals surface area contributed by atoms with Crippen LogP contribution in [0.4, 0.5) is 20.6 Å². The first-order valence-corrected chi connectivity index (χ1v) is 8.53. The van der Waals surface area contributed by atoms with Crippen molar-refractivity contribution in [2.75, 3.05) is 10.6 Å². The molecule has 0 aliphatic carbocycles. The number of halogens is 1. The number of benzene rings is 2. The van der Waals surface area contributed by atoms with Gasteiger partial charge in [-0.3, -0.25) is 4.79 Å². The summed E-state index contributed by atoms with van der Waals surface area (Å²) in [6.07, 6.45) is 0.464. The lowest BCUT2D eigenvalue weighted by molar-refractivity contribution is -0.116. The summed E-state index contributed by atoms with van der Waals surface area (Å²) in [5.74, 6) is -0.00338. The standard InChI is InChI=1S/C20H24FN3O2/c1-13(2)10-19(25)23-16-5-7-17(8-6-16)24-20(26)22-12-15-4-9-18(21)14(3)11-15/h4-9,11,13H,10,12H2,1-3H3,(H,23,25)(H2,22,24,26). The Morgan fingerprint density at radius 2 is 1.62 bits per heavy atom. The number of aryl methyl sites for hydroxylation is 1. The summed E-state index contributed by atoms with van der Waals surface area (Å²) >= 11 is 0. The lowest BCUT2D eigenvalue weighted by Crippen LogP contribution is -2.28. The molecule has 0 fully saturated rings. The van der Waals surface area contributed by atoms with Gasteiger partial charge in [0, 0.05) is 24.3 Å². The third-order valence-corrected chi connectivity index (χ3v) is 3.70. The maximum atomic E-state index is 13.2. The minimum Gasteiger partial charge on any atom is -0.334 e. The zero-order valence-electron chi connectivity index (χ0n) is 15.2. The van der Waals surface area contributed by atoms with Crippen LogP contribution in [0.3, 0.4) is 0 Å². The van der Waals surface area contributed by atoms with E-state index in [1.54, 1.807) is 43.3 Å². The van der Waals surface area contributed by atoms with E-state index in [2.05, 4.69) is 16.0 Å². The van der Waals surface area contributed by atoms with Crippen molar-refractivity contribution in [3.8, 4) is 0 Å². The van der Waals surface area contributed by atoms with Gasteiger partial charge in [-0.25, -0.2) is 9.18 Å². The Labute approximate surface area is 153 Å². The van der Waals surface area contributed by atoms with Gasteiger partial charge in [-0.1, -0.05) is 26.0 Å². The summed E-state index contributed by atoms with van der Waals surface area (Å²) in [5.41, 5.74) is 2.66. The number of rotatable bonds is 6. The summed E-state index contributed by atoms with van der Waals surface area (Å²) in [4.78, 5) is 23.7. The number of carbonyl (C=O) groups excluding carboxylic acids is 2. The first kappa shape index (κ1) is 19.4. The Hall–Kier alpha value is -2.89. The normalized spacial score (nSPS) is 10.5. The molecule has 5 nitrogen and oxygen atoms in total. The molecule has 0 atom stereocenters. The summed E-state index contributed by atoms with van der Waals surface area (Å²) in [5, 5.41) is 8.25. The molecule has 2 aromatic rings. The fraction of sp³-hybridized carbons (Fsp3) is 0.300. The second kappa shape index (κ2) is 8.99. The second-order valence-electron chi connectivity index (χ2n) is 6.61. The molecule has 2 aromatic carbocycles. The van der Waals surface area contributed by atoms with Crippen LogP contribution in [0, 0.1) is 18.7 Å². The Bertz CT molecular complexity index is 773. The third kappa shape index (κ3) is 6.20. The molecule has 0 saturated carbocycles. The van der Waals surface area contributed by atoms with Crippen LogP contribution in [0.25, 0.3) is 0 Å². The van der Waals surface area contributed by atoms with Crippen LogP contribution in [-0.2, 0) is 11.3 Å². The zero-order valence-corrected chi connectivity index (χ0v) is 15.2. The van der Waals surface area contributed by atoms with Crippen molar-refractivity contribution < 1.29 is 14.0 Å². The summed E-state index contributed by atoms with van der Waals surface area (Å²) in [6.45, 7) is 5.95. The zero-order chi connectivity index (χ0) is 19.1. The molecular formula is C20H24FN3O2. The van der Waals surface area contributed by atoms with Gasteiger partial charge in [0.15, 0.2) is 0 Å². The highest BCUT2D eigenvalue weighted by atomic mass is 19.1. The Morgan fingerprint density at radius 3 is 2.19 bits per heavy atom. The number of carbonyl (C=O) groups is 2. The summed E-state index contributed by atoms with van der Waals surface area (Å²) in [7, 11) is 0. The van der Waals surface area contributed by atoms with E-state index in [9.17, 15) is 14.0 Å². The van der Waals surface area contributed by atoms with E-state index in [-0.39, 0.29) is 17.8 Å². The van der Waals surface area contributed by atoms with Gasteiger partial charge in [-0.15, -0.1) is 0 Å². The number of anilines is 2. The SMILES string of the molecule is Cc1cc(CNC(=O)Nc2ccc(NC(=O)CC(C)C)cc2)ccc1F. The van der Waals surface area contributed by atoms with Crippen molar-refractivity contribution in [1.82, 2.24) is 5.32 Å². The van der Waals surface area contributed by atoms with Crippen molar-refractivity contribution in [3.05, 3.63) is 59.4 Å². The maximum absolute atomic E-state index is 13.2. The van der Waals surface area contributed by atoms with Crippen LogP contribution in [0.1, 0.15) is 31.4 Å². The van der Waals surface area contributed by atoms with Gasteiger partial charge in [0.25, 0.3) is 0 Å². The first-order valence-electron chi connectivity index (χ1n) is 8.53. The van der Waals surface area contributed by atoms with Gasteiger partial charge < -0.3 is 16.0 Å². The van der Waals surface area contributed by atoms with E-state index in [0.717, 1.165) is 5.56 Å². The van der Waals surface area contributed by atoms with Gasteiger partial charge in [-0.05, 0) is 54.3 Å². The van der Waals surface area contributed by atoms with Crippen molar-refractivity contribution in [2.24, 2.45) is 5.92 Å². The molecule has 3 N–H and O–H groups in total. The van der Waals surface area contributed by atoms with Crippen LogP contribution in [0.2, 0.25) is 0 Å². The second-order valence-corrected chi connectivity index (χ2v) is 6.61. The van der Waals surface area contributed by atoms with Crippen LogP contribution < -0.4 is 16.0 Å². The molecule has 0 saturated heterocycles. The van der Waals surface area contributed by atoms with Gasteiger partial charge >= 0.3 is 6.03 Å². The summed E-state index contributed by atoms with van der Waals surface area (Å²) < 4.78 is 13.2. The maximum Gasteiger partial charge on any atom is 0.319 e. The van der Waals surface area contributed by atoms with Gasteiger partial charge in [-0.2, -0.15) is 0 Å². The smallest absolute Gasteiger partial charge is 0.319 e. The summed E-state index contributed by atoms with van der Waals surface area (Å²) in [6, 6.07) is 11.3. The predicted molar refractivity (Wildman–Crippen MR) is 102 cm³/mol. The Morgan fingerprint density at radius 1 is 1.00 bits per heavy atom. The van der Waals surface area contributed by atoms with Crippen LogP contribution >= 0.6 is 0 Å². The first-order chi connectivity index (χ1) is 12.3. The molecule has 2 rings (SSSR count). The molecule has 0 heterocycles. The van der Waals surface area contributed by atoms with Crippen LogP contribution in [0.5, 0.6) is 0 Å². The number of hydrogen-bond acceptors (Lipinski definition) is 2. The fourth-order valence-electron chi connectivity index (χ4n) is 2.39. The van der Waals surface area contributed by atoms with Crippen LogP contribution in [0.15, 0.2) is 42.5 Å². The van der Waals surface area contributed by atoms with E-state index < -0.39 is 0 Å². The minimum absolute atomic E-state index is 0.0342. The molecule has 0 aliphatic heterocycles. The van der Waals surface area contributed by atoms with Crippen molar-refractivity contribution in [2.45, 2.75) is 33.7 Å². The predicted octanol–water partition coefficient (Wildman–Crippen LogP) is 4.44. The number of hydrogen-bond donors (Lipinski definition) is 3. The molecule has 0 bridgehead atoms. The molecule has 26 heavy (non-hydrogen) atoms. The fourth-order valence-corrected chi connectivity index (χ4v) is 2.39. The Balaban J connectivity index is 1.83.